The number of nitrogens with one attached hydrogen (secondary N) is 3. The number of hydrogen-bond donors (Lipinski definition) is 10. The van der Waals surface area contributed by atoms with Crippen molar-refractivity contribution in [2.45, 2.75) is 68.2 Å². The minimum atomic E-state index is -4.10. The van der Waals surface area contributed by atoms with Gasteiger partial charge < -0.3 is 51.1 Å². The van der Waals surface area contributed by atoms with E-state index in [9.17, 15) is 40.5 Å². The largest absolute Gasteiger partial charge is 0.446 e. The Morgan fingerprint density at radius 1 is 0.974 bits per heavy atom. The molecule has 3 rings (SSSR count). The minimum absolute atomic E-state index is 0.0241. The summed E-state index contributed by atoms with van der Waals surface area (Å²) in [6.45, 7) is 6.60. The van der Waals surface area contributed by atoms with Gasteiger partial charge in [0.1, 0.15) is 6.10 Å². The molecule has 10 N–H and O–H groups in total. The van der Waals surface area contributed by atoms with Gasteiger partial charge in [-0.1, -0.05) is 20.8 Å². The first-order valence-electron chi connectivity index (χ1n) is 11.6. The Morgan fingerprint density at radius 3 is 2.03 bits per heavy atom. The van der Waals surface area contributed by atoms with Gasteiger partial charge in [0.25, 0.3) is 5.72 Å². The molecule has 0 saturated heterocycles. The first kappa shape index (κ1) is 29.9. The van der Waals surface area contributed by atoms with Crippen LogP contribution in [0.2, 0.25) is 0 Å². The number of anilines is 2. The van der Waals surface area contributed by atoms with Crippen LogP contribution in [0.1, 0.15) is 45.1 Å². The van der Waals surface area contributed by atoms with Crippen molar-refractivity contribution < 1.29 is 45.3 Å². The van der Waals surface area contributed by atoms with Crippen LogP contribution in [0.25, 0.3) is 0 Å². The fraction of sp³-hybridized carbons (Fsp3) is 0.522. The summed E-state index contributed by atoms with van der Waals surface area (Å²) < 4.78 is 7.23. The third kappa shape index (κ3) is 7.72. The molecule has 1 aliphatic carbocycles. The van der Waals surface area contributed by atoms with Crippen molar-refractivity contribution in [3.05, 3.63) is 42.2 Å². The van der Waals surface area contributed by atoms with E-state index in [0.29, 0.717) is 47.9 Å². The van der Waals surface area contributed by atoms with E-state index >= 15 is 0 Å². The Balaban J connectivity index is 1.48. The zero-order valence-electron chi connectivity index (χ0n) is 21.0. The molecule has 15 heteroatoms. The number of carbonyl (C=O) groups excluding carboxylic acids is 1. The van der Waals surface area contributed by atoms with Gasteiger partial charge in [-0.05, 0) is 66.0 Å². The molecule has 210 valence electrons. The molecule has 1 fully saturated rings. The molecule has 1 amide bonds. The molecule has 1 heterocycles. The first-order chi connectivity index (χ1) is 17.5. The summed E-state index contributed by atoms with van der Waals surface area (Å²) in [6, 6.07) is 6.19. The molecular formula is C23H33N5O9S. The summed E-state index contributed by atoms with van der Waals surface area (Å²) in [4.78, 5) is 20.8. The van der Waals surface area contributed by atoms with Crippen LogP contribution in [0.5, 0.6) is 0 Å². The van der Waals surface area contributed by atoms with E-state index in [4.69, 9.17) is 4.74 Å². The summed E-state index contributed by atoms with van der Waals surface area (Å²) in [7, 11) is 0. The van der Waals surface area contributed by atoms with Crippen molar-refractivity contribution in [3.8, 4) is 0 Å². The van der Waals surface area contributed by atoms with Crippen LogP contribution in [-0.4, -0.2) is 82.1 Å². The van der Waals surface area contributed by atoms with Crippen molar-refractivity contribution in [1.82, 2.24) is 20.0 Å². The van der Waals surface area contributed by atoms with Crippen molar-refractivity contribution >= 4 is 29.7 Å². The van der Waals surface area contributed by atoms with Gasteiger partial charge in [0.2, 0.25) is 5.95 Å². The summed E-state index contributed by atoms with van der Waals surface area (Å²) >= 11 is 0.463. The molecule has 38 heavy (non-hydrogen) atoms. The number of rotatable bonds is 10. The smallest absolute Gasteiger partial charge is 0.407 e. The molecule has 14 nitrogen and oxygen atoms in total. The fourth-order valence-electron chi connectivity index (χ4n) is 3.31. The molecule has 0 radical (unpaired) electrons. The van der Waals surface area contributed by atoms with Crippen LogP contribution < -0.4 is 15.4 Å². The average molecular weight is 556 g/mol. The van der Waals surface area contributed by atoms with E-state index in [0.717, 1.165) is 5.56 Å². The number of hydrogen-bond acceptors (Lipinski definition) is 14. The monoisotopic (exact) mass is 555 g/mol. The molecule has 1 aliphatic rings. The lowest BCUT2D eigenvalue weighted by Gasteiger charge is -2.39. The number of carbonyl (C=O) groups is 1. The second-order valence-electron chi connectivity index (χ2n) is 10.3. The molecule has 0 atom stereocenters. The molecule has 0 bridgehead atoms. The Bertz CT molecular complexity index is 1060. The van der Waals surface area contributed by atoms with E-state index in [2.05, 4.69) is 20.6 Å². The van der Waals surface area contributed by atoms with Gasteiger partial charge in [-0.2, -0.15) is 0 Å². The molecule has 0 aliphatic heterocycles. The van der Waals surface area contributed by atoms with Gasteiger partial charge in [0, 0.05) is 29.5 Å². The number of nitrogens with zero attached hydrogens (tertiary/aromatic N) is 2. The van der Waals surface area contributed by atoms with Crippen molar-refractivity contribution in [3.63, 3.8) is 0 Å². The average Bonchev–Trinajstić information content (AvgIpc) is 2.78. The van der Waals surface area contributed by atoms with Crippen LogP contribution in [0.4, 0.5) is 16.4 Å². The van der Waals surface area contributed by atoms with E-state index < -0.39 is 23.8 Å². The van der Waals surface area contributed by atoms with Crippen LogP contribution >= 0.6 is 11.9 Å². The quantitative estimate of drug-likeness (QED) is 0.135. The zero-order chi connectivity index (χ0) is 28.4. The summed E-state index contributed by atoms with van der Waals surface area (Å²) in [5.74, 6) is -7.68. The number of alkyl carbamates (subject to hydrolysis) is 1. The summed E-state index contributed by atoms with van der Waals surface area (Å²) in [6.07, 6.45) is 4.21. The van der Waals surface area contributed by atoms with Gasteiger partial charge in [-0.25, -0.2) is 19.5 Å². The lowest BCUT2D eigenvalue weighted by Crippen LogP contribution is -2.74. The summed E-state index contributed by atoms with van der Waals surface area (Å²) in [5, 5.41) is 70.7. The Labute approximate surface area is 222 Å². The van der Waals surface area contributed by atoms with E-state index in [1.807, 2.05) is 25.5 Å². The second-order valence-corrected chi connectivity index (χ2v) is 11.2. The van der Waals surface area contributed by atoms with Crippen LogP contribution in [-0.2, 0) is 4.74 Å². The van der Waals surface area contributed by atoms with Crippen molar-refractivity contribution in [1.29, 1.82) is 0 Å². The maximum absolute atomic E-state index is 11.9. The highest BCUT2D eigenvalue weighted by molar-refractivity contribution is 7.97. The highest BCUT2D eigenvalue weighted by Crippen LogP contribution is 2.38. The second kappa shape index (κ2) is 11.3. The van der Waals surface area contributed by atoms with Gasteiger partial charge in [0.05, 0.1) is 0 Å². The molecule has 0 unspecified atom stereocenters. The van der Waals surface area contributed by atoms with E-state index in [1.165, 1.54) is 12.1 Å². The van der Waals surface area contributed by atoms with Crippen molar-refractivity contribution in [2.24, 2.45) is 5.41 Å². The molecule has 2 aromatic rings. The zero-order valence-corrected chi connectivity index (χ0v) is 21.8. The maximum Gasteiger partial charge on any atom is 0.407 e. The predicted molar refractivity (Wildman–Crippen MR) is 134 cm³/mol. The van der Waals surface area contributed by atoms with E-state index in [1.54, 1.807) is 24.5 Å². The number of benzene rings is 1. The lowest BCUT2D eigenvalue weighted by atomic mass is 9.78. The molecular weight excluding hydrogens is 522 g/mol. The van der Waals surface area contributed by atoms with Gasteiger partial charge in [-0.3, -0.25) is 0 Å². The van der Waals surface area contributed by atoms with Crippen LogP contribution in [0.3, 0.4) is 0 Å². The maximum atomic E-state index is 11.9. The van der Waals surface area contributed by atoms with E-state index in [-0.39, 0.29) is 17.4 Å². The SMILES string of the molecule is CC(C)(C)CNC(=O)OC1CC(c2cnc(Nc3ccc(SNC(O)(C(O)(O)O)C(O)(O)O)cc3)nc2)C1. The lowest BCUT2D eigenvalue weighted by molar-refractivity contribution is -0.497. The standard InChI is InChI=1S/C23H33N5O9S/c1-20(2,3)12-26-19(29)37-16-8-13(9-16)14-10-24-18(25-11-14)27-15-4-6-17(7-5-15)38-28-21(30,22(31,32)33)23(34,35)36/h4-7,10-11,13,16,28,30-36H,8-9,12H2,1-3H3,(H,26,29)(H,24,25,27). The molecule has 1 aromatic heterocycles. The predicted octanol–water partition coefficient (Wildman–Crippen LogP) is -0.215. The highest BCUT2D eigenvalue weighted by atomic mass is 32.2. The van der Waals surface area contributed by atoms with Crippen LogP contribution in [0.15, 0.2) is 41.6 Å². The van der Waals surface area contributed by atoms with Crippen molar-refractivity contribution in [2.75, 3.05) is 11.9 Å². The number of ether oxygens (including phenoxy) is 1. The Hall–Kier alpha value is -2.60. The van der Waals surface area contributed by atoms with Gasteiger partial charge in [0.15, 0.2) is 0 Å². The fourth-order valence-corrected chi connectivity index (χ4v) is 4.12. The van der Waals surface area contributed by atoms with Crippen LogP contribution in [0, 0.1) is 5.41 Å². The minimum Gasteiger partial charge on any atom is -0.446 e. The third-order valence-electron chi connectivity index (χ3n) is 5.67. The third-order valence-corrected chi connectivity index (χ3v) is 6.58. The summed E-state index contributed by atoms with van der Waals surface area (Å²) in [5.41, 5.74) is -2.25. The number of aromatic nitrogens is 2. The number of aliphatic hydroxyl groups is 7. The molecule has 0 spiro atoms. The molecule has 1 saturated carbocycles. The van der Waals surface area contributed by atoms with Gasteiger partial charge in [-0.15, -0.1) is 0 Å². The highest BCUT2D eigenvalue weighted by Gasteiger charge is 2.62. The molecule has 1 aromatic carbocycles. The van der Waals surface area contributed by atoms with Gasteiger partial charge >= 0.3 is 18.0 Å². The Morgan fingerprint density at radius 2 is 1.53 bits per heavy atom. The normalized spacial score (nSPS) is 18.5. The first-order valence-corrected chi connectivity index (χ1v) is 12.4. The topological polar surface area (TPSA) is 230 Å². The number of amides is 1. The Kier molecular flexibility index (Phi) is 8.87.